The third-order valence-electron chi connectivity index (χ3n) is 6.85. The van der Waals surface area contributed by atoms with Crippen LogP contribution < -0.4 is 0 Å². The Hall–Kier alpha value is -1.38. The van der Waals surface area contributed by atoms with Crippen LogP contribution in [0, 0.1) is 11.8 Å². The Labute approximate surface area is 190 Å². The predicted molar refractivity (Wildman–Crippen MR) is 121 cm³/mol. The molecule has 2 fully saturated rings. The molecule has 1 aromatic carbocycles. The summed E-state index contributed by atoms with van der Waals surface area (Å²) < 4.78 is 64.8. The number of rotatable bonds is 8. The third-order valence-corrected chi connectivity index (χ3v) is 8.73. The number of benzene rings is 1. The van der Waals surface area contributed by atoms with Crippen LogP contribution in [0.25, 0.3) is 0 Å². The quantitative estimate of drug-likeness (QED) is 0.465. The molecule has 0 radical (unpaired) electrons. The molecule has 0 spiro atoms. The van der Waals surface area contributed by atoms with Crippen molar-refractivity contribution in [3.63, 3.8) is 0 Å². The van der Waals surface area contributed by atoms with Gasteiger partial charge in [0.05, 0.1) is 10.5 Å². The first kappa shape index (κ1) is 25.2. The van der Waals surface area contributed by atoms with Crippen molar-refractivity contribution in [3.05, 3.63) is 42.0 Å². The van der Waals surface area contributed by atoms with Crippen LogP contribution >= 0.6 is 0 Å². The van der Waals surface area contributed by atoms with Crippen molar-refractivity contribution in [1.29, 1.82) is 0 Å². The normalized spacial score (nSPS) is 23.8. The van der Waals surface area contributed by atoms with Gasteiger partial charge < -0.3 is 0 Å². The van der Waals surface area contributed by atoms with Gasteiger partial charge in [0.15, 0.2) is 0 Å². The first-order chi connectivity index (χ1) is 15.2. The van der Waals surface area contributed by atoms with E-state index in [1.165, 1.54) is 43.7 Å². The fourth-order valence-electron chi connectivity index (χ4n) is 4.69. The molecule has 1 aliphatic heterocycles. The van der Waals surface area contributed by atoms with Crippen molar-refractivity contribution in [2.45, 2.75) is 62.4 Å². The highest BCUT2D eigenvalue weighted by molar-refractivity contribution is 7.89. The van der Waals surface area contributed by atoms with E-state index in [0.29, 0.717) is 18.4 Å². The van der Waals surface area contributed by atoms with Crippen LogP contribution in [0.15, 0.2) is 41.3 Å². The molecule has 4 nitrogen and oxygen atoms in total. The SMILES string of the molecule is CN(CC[C@H]1CC[C@H](C=CCN2CCCCC2)CC1)S(=O)(=O)c1ccc(C(F)(F)F)cc1. The second kappa shape index (κ2) is 11.2. The maximum atomic E-state index is 12.7. The fourth-order valence-corrected chi connectivity index (χ4v) is 5.88. The van der Waals surface area contributed by atoms with Gasteiger partial charge in [0, 0.05) is 20.1 Å². The first-order valence-corrected chi connectivity index (χ1v) is 13.1. The van der Waals surface area contributed by atoms with Crippen molar-refractivity contribution >= 4 is 10.0 Å². The molecule has 0 atom stereocenters. The molecule has 0 N–H and O–H groups in total. The Morgan fingerprint density at radius 1 is 1.03 bits per heavy atom. The molecule has 8 heteroatoms. The van der Waals surface area contributed by atoms with Gasteiger partial charge >= 0.3 is 6.18 Å². The highest BCUT2D eigenvalue weighted by Crippen LogP contribution is 2.33. The van der Waals surface area contributed by atoms with Gasteiger partial charge in [-0.25, -0.2) is 12.7 Å². The van der Waals surface area contributed by atoms with Gasteiger partial charge in [-0.3, -0.25) is 4.90 Å². The topological polar surface area (TPSA) is 40.6 Å². The standard InChI is InChI=1S/C24H35F3N2O2S/c1-28(32(30,31)23-13-11-22(12-14-23)24(25,26)27)19-15-21-9-7-20(8-10-21)6-5-18-29-16-3-2-4-17-29/h5-6,11-14,20-21H,2-4,7-10,15-19H2,1H3/t20-,21-. The zero-order chi connectivity index (χ0) is 23.2. The smallest absolute Gasteiger partial charge is 0.300 e. The van der Waals surface area contributed by atoms with Gasteiger partial charge in [0.1, 0.15) is 0 Å². The highest BCUT2D eigenvalue weighted by Gasteiger charge is 2.31. The van der Waals surface area contributed by atoms with Crippen LogP contribution in [0.1, 0.15) is 56.9 Å². The maximum Gasteiger partial charge on any atom is 0.416 e. The molecule has 0 bridgehead atoms. The summed E-state index contributed by atoms with van der Waals surface area (Å²) in [5, 5.41) is 0. The average Bonchev–Trinajstić information content (AvgIpc) is 2.78. The second-order valence-corrected chi connectivity index (χ2v) is 11.3. The molecule has 0 amide bonds. The Kier molecular flexibility index (Phi) is 8.81. The number of likely N-dealkylation sites (tertiary alicyclic amines) is 1. The van der Waals surface area contributed by atoms with Crippen molar-refractivity contribution in [1.82, 2.24) is 9.21 Å². The summed E-state index contributed by atoms with van der Waals surface area (Å²) in [7, 11) is -2.28. The zero-order valence-electron chi connectivity index (χ0n) is 18.9. The molecule has 1 saturated heterocycles. The summed E-state index contributed by atoms with van der Waals surface area (Å²) in [6.07, 6.45) is 9.41. The molecule has 1 aromatic rings. The van der Waals surface area contributed by atoms with Crippen LogP contribution in [-0.2, 0) is 16.2 Å². The highest BCUT2D eigenvalue weighted by atomic mass is 32.2. The second-order valence-electron chi connectivity index (χ2n) is 9.21. The van der Waals surface area contributed by atoms with Crippen LogP contribution in [0.4, 0.5) is 13.2 Å². The van der Waals surface area contributed by atoms with Gasteiger partial charge in [-0.05, 0) is 94.1 Å². The number of nitrogens with zero attached hydrogens (tertiary/aromatic N) is 2. The minimum absolute atomic E-state index is 0.101. The van der Waals surface area contributed by atoms with E-state index in [9.17, 15) is 21.6 Å². The van der Waals surface area contributed by atoms with Crippen LogP contribution in [0.5, 0.6) is 0 Å². The number of sulfonamides is 1. The fraction of sp³-hybridized carbons (Fsp3) is 0.667. The number of allylic oxidation sites excluding steroid dienone is 1. The number of piperidine rings is 1. The molecule has 32 heavy (non-hydrogen) atoms. The minimum atomic E-state index is -4.48. The average molecular weight is 473 g/mol. The van der Waals surface area contributed by atoms with Crippen molar-refractivity contribution in [3.8, 4) is 0 Å². The van der Waals surface area contributed by atoms with E-state index in [1.54, 1.807) is 0 Å². The van der Waals surface area contributed by atoms with E-state index in [-0.39, 0.29) is 4.90 Å². The molecular formula is C24H35F3N2O2S. The van der Waals surface area contributed by atoms with Crippen LogP contribution in [0.3, 0.4) is 0 Å². The summed E-state index contributed by atoms with van der Waals surface area (Å²) in [6, 6.07) is 3.72. The Morgan fingerprint density at radius 3 is 2.25 bits per heavy atom. The molecule has 0 aromatic heterocycles. The summed E-state index contributed by atoms with van der Waals surface area (Å²) in [6.45, 7) is 3.84. The van der Waals surface area contributed by atoms with Gasteiger partial charge in [0.2, 0.25) is 10.0 Å². The van der Waals surface area contributed by atoms with E-state index < -0.39 is 21.8 Å². The number of halogens is 3. The maximum absolute atomic E-state index is 12.7. The van der Waals surface area contributed by atoms with Crippen molar-refractivity contribution in [2.75, 3.05) is 33.2 Å². The monoisotopic (exact) mass is 472 g/mol. The predicted octanol–water partition coefficient (Wildman–Crippen LogP) is 5.56. The van der Waals surface area contributed by atoms with Crippen molar-refractivity contribution in [2.24, 2.45) is 11.8 Å². The third kappa shape index (κ3) is 7.06. The van der Waals surface area contributed by atoms with E-state index >= 15 is 0 Å². The van der Waals surface area contributed by atoms with Crippen LogP contribution in [0.2, 0.25) is 0 Å². The Bertz CT molecular complexity index is 839. The molecule has 1 aliphatic carbocycles. The summed E-state index contributed by atoms with van der Waals surface area (Å²) in [5.74, 6) is 1.11. The Balaban J connectivity index is 1.41. The minimum Gasteiger partial charge on any atom is -0.300 e. The van der Waals surface area contributed by atoms with Gasteiger partial charge in [0.25, 0.3) is 0 Å². The van der Waals surface area contributed by atoms with Gasteiger partial charge in [-0.1, -0.05) is 18.6 Å². The van der Waals surface area contributed by atoms with E-state index in [4.69, 9.17) is 0 Å². The largest absolute Gasteiger partial charge is 0.416 e. The lowest BCUT2D eigenvalue weighted by molar-refractivity contribution is -0.137. The number of hydrogen-bond acceptors (Lipinski definition) is 3. The van der Waals surface area contributed by atoms with Crippen molar-refractivity contribution < 1.29 is 21.6 Å². The molecule has 0 unspecified atom stereocenters. The summed E-state index contributed by atoms with van der Waals surface area (Å²) in [4.78, 5) is 2.41. The first-order valence-electron chi connectivity index (χ1n) is 11.7. The van der Waals surface area contributed by atoms with Gasteiger partial charge in [-0.2, -0.15) is 13.2 Å². The van der Waals surface area contributed by atoms with E-state index in [1.807, 2.05) is 0 Å². The van der Waals surface area contributed by atoms with E-state index in [0.717, 1.165) is 62.9 Å². The number of alkyl halides is 3. The van der Waals surface area contributed by atoms with Crippen LogP contribution in [-0.4, -0.2) is 50.8 Å². The summed E-state index contributed by atoms with van der Waals surface area (Å²) in [5.41, 5.74) is -0.846. The lowest BCUT2D eigenvalue weighted by atomic mass is 9.80. The molecule has 180 valence electrons. The Morgan fingerprint density at radius 2 is 1.66 bits per heavy atom. The van der Waals surface area contributed by atoms with E-state index in [2.05, 4.69) is 17.1 Å². The molecule has 3 rings (SSSR count). The zero-order valence-corrected chi connectivity index (χ0v) is 19.7. The molecule has 1 saturated carbocycles. The lowest BCUT2D eigenvalue weighted by Gasteiger charge is -2.29. The van der Waals surface area contributed by atoms with Gasteiger partial charge in [-0.15, -0.1) is 0 Å². The molecule has 2 aliphatic rings. The molecule has 1 heterocycles. The number of hydrogen-bond donors (Lipinski definition) is 0. The molecular weight excluding hydrogens is 437 g/mol. The lowest BCUT2D eigenvalue weighted by Crippen LogP contribution is -2.30. The summed E-state index contributed by atoms with van der Waals surface area (Å²) >= 11 is 0.